The zero-order valence-electron chi connectivity index (χ0n) is 20.4. The van der Waals surface area contributed by atoms with E-state index in [0.29, 0.717) is 0 Å². The molecule has 22 heteroatoms. The van der Waals surface area contributed by atoms with E-state index >= 15 is 0 Å². The third-order valence-electron chi connectivity index (χ3n) is 4.90. The van der Waals surface area contributed by atoms with Crippen molar-refractivity contribution in [3.63, 3.8) is 0 Å². The molecule has 0 aromatic heterocycles. The fourth-order valence-electron chi connectivity index (χ4n) is 2.98. The van der Waals surface area contributed by atoms with Crippen molar-refractivity contribution in [1.82, 2.24) is 0 Å². The van der Waals surface area contributed by atoms with E-state index in [1.54, 1.807) is 0 Å². The van der Waals surface area contributed by atoms with Crippen LogP contribution in [0.3, 0.4) is 0 Å². The Hall–Kier alpha value is -4.29. The van der Waals surface area contributed by atoms with Gasteiger partial charge in [0.2, 0.25) is 10.9 Å². The monoisotopic (exact) mass is 647 g/mol. The highest BCUT2D eigenvalue weighted by atomic mass is 32.3. The lowest BCUT2D eigenvalue weighted by molar-refractivity contribution is -0.432. The molecule has 0 saturated heterocycles. The SMILES string of the molecule is O=c1ccc(=NNc2ccc([N+](=O)[O-])cc2O)c(=O)c1=NNc1ccc(S(=O)(=O)CCOS(=O)(=O)O)cc1SOOO. The Balaban J connectivity index is 1.93. The van der Waals surface area contributed by atoms with Crippen LogP contribution in [0, 0.1) is 10.1 Å². The summed E-state index contributed by atoms with van der Waals surface area (Å²) >= 11 is 0.285. The van der Waals surface area contributed by atoms with Gasteiger partial charge in [0.15, 0.2) is 15.2 Å². The topological polar surface area (TPSA) is 283 Å². The van der Waals surface area contributed by atoms with Crippen LogP contribution in [0.2, 0.25) is 0 Å². The smallest absolute Gasteiger partial charge is 0.397 e. The summed E-state index contributed by atoms with van der Waals surface area (Å²) in [5.74, 6) is -1.39. The molecule has 0 fully saturated rings. The first-order valence-corrected chi connectivity index (χ1v) is 14.5. The average molecular weight is 648 g/mol. The molecule has 0 aliphatic carbocycles. The molecule has 224 valence electrons. The predicted octanol–water partition coefficient (Wildman–Crippen LogP) is -0.227. The lowest BCUT2D eigenvalue weighted by atomic mass is 10.2. The van der Waals surface area contributed by atoms with Crippen LogP contribution < -0.4 is 32.4 Å². The Morgan fingerprint density at radius 1 is 0.976 bits per heavy atom. The van der Waals surface area contributed by atoms with E-state index in [1.165, 1.54) is 0 Å². The van der Waals surface area contributed by atoms with Gasteiger partial charge in [-0.15, -0.1) is 4.33 Å². The van der Waals surface area contributed by atoms with E-state index in [9.17, 15) is 41.6 Å². The van der Waals surface area contributed by atoms with Gasteiger partial charge < -0.3 is 5.11 Å². The highest BCUT2D eigenvalue weighted by Crippen LogP contribution is 2.31. The molecule has 19 nitrogen and oxygen atoms in total. The van der Waals surface area contributed by atoms with Crippen molar-refractivity contribution >= 4 is 49.3 Å². The zero-order chi connectivity index (χ0) is 31.1. The van der Waals surface area contributed by atoms with Gasteiger partial charge >= 0.3 is 10.4 Å². The molecule has 3 rings (SSSR count). The van der Waals surface area contributed by atoms with Crippen molar-refractivity contribution in [2.45, 2.75) is 9.79 Å². The molecule has 0 atom stereocenters. The quantitative estimate of drug-likeness (QED) is 0.0400. The summed E-state index contributed by atoms with van der Waals surface area (Å²) in [6.07, 6.45) is 0. The highest BCUT2D eigenvalue weighted by molar-refractivity contribution is 7.95. The van der Waals surface area contributed by atoms with Crippen molar-refractivity contribution in [2.75, 3.05) is 23.2 Å². The molecule has 42 heavy (non-hydrogen) atoms. The van der Waals surface area contributed by atoms with Crippen molar-refractivity contribution in [3.8, 4) is 5.75 Å². The van der Waals surface area contributed by atoms with Gasteiger partial charge in [0.1, 0.15) is 11.1 Å². The number of benzene rings is 3. The number of hydrogen-bond acceptors (Lipinski definition) is 18. The summed E-state index contributed by atoms with van der Waals surface area (Å²) in [5, 5.41) is 39.3. The van der Waals surface area contributed by atoms with Crippen LogP contribution in [-0.2, 0) is 33.8 Å². The van der Waals surface area contributed by atoms with Crippen LogP contribution >= 0.6 is 12.0 Å². The molecule has 0 amide bonds. The summed E-state index contributed by atoms with van der Waals surface area (Å²) in [7, 11) is -9.05. The van der Waals surface area contributed by atoms with E-state index < -0.39 is 65.2 Å². The number of sulfone groups is 1. The lowest BCUT2D eigenvalue weighted by Gasteiger charge is -2.10. The van der Waals surface area contributed by atoms with E-state index in [2.05, 4.69) is 34.6 Å². The number of non-ortho nitro benzene ring substituents is 1. The number of nitrogens with zero attached hydrogens (tertiary/aromatic N) is 3. The maximum Gasteiger partial charge on any atom is 0.397 e. The fraction of sp³-hybridized carbons (Fsp3) is 0.100. The Bertz CT molecular complexity index is 1940. The molecule has 3 aromatic rings. The molecule has 0 radical (unpaired) electrons. The normalized spacial score (nSPS) is 12.8. The first-order chi connectivity index (χ1) is 19.7. The largest absolute Gasteiger partial charge is 0.505 e. The second-order valence-electron chi connectivity index (χ2n) is 7.62. The Morgan fingerprint density at radius 2 is 1.67 bits per heavy atom. The van der Waals surface area contributed by atoms with Gasteiger partial charge in [-0.25, -0.2) is 17.9 Å². The molecule has 0 aliphatic heterocycles. The van der Waals surface area contributed by atoms with Crippen LogP contribution in [0.5, 0.6) is 5.75 Å². The standard InChI is InChI=1S/C20H17N5O14S3/c26-16-6-5-15(23-21-13-3-1-11(25(29)30)9-17(13)27)20(28)19(16)24-22-14-4-2-12(10-18(14)40-39-38-31)41(32,33)8-7-37-42(34,35)36/h1-6,9-10,21-22,27,31H,7-8H2,(H,34,35,36). The lowest BCUT2D eigenvalue weighted by Crippen LogP contribution is -2.48. The number of hydrogen-bond donors (Lipinski definition) is 5. The summed E-state index contributed by atoms with van der Waals surface area (Å²) in [4.78, 5) is 34.7. The minimum absolute atomic E-state index is 0.0553. The maximum absolute atomic E-state index is 12.8. The van der Waals surface area contributed by atoms with Crippen LogP contribution in [0.1, 0.15) is 0 Å². The first-order valence-electron chi connectivity index (χ1n) is 10.8. The second-order valence-corrected chi connectivity index (χ2v) is 11.6. The van der Waals surface area contributed by atoms with Crippen molar-refractivity contribution in [1.29, 1.82) is 0 Å². The Kier molecular flexibility index (Phi) is 10.4. The predicted molar refractivity (Wildman–Crippen MR) is 141 cm³/mol. The number of anilines is 2. The molecule has 5 N–H and O–H groups in total. The van der Waals surface area contributed by atoms with Crippen LogP contribution in [-0.4, -0.2) is 49.0 Å². The molecular weight excluding hydrogens is 630 g/mol. The number of nitro benzene ring substituents is 1. The van der Waals surface area contributed by atoms with Crippen molar-refractivity contribution < 1.29 is 50.2 Å². The van der Waals surface area contributed by atoms with Crippen LogP contribution in [0.4, 0.5) is 17.1 Å². The van der Waals surface area contributed by atoms with Crippen LogP contribution in [0.25, 0.3) is 0 Å². The third-order valence-corrected chi connectivity index (χ3v) is 7.69. The molecule has 3 aromatic carbocycles. The second kappa shape index (κ2) is 13.6. The molecule has 0 spiro atoms. The number of nitro groups is 1. The van der Waals surface area contributed by atoms with E-state index in [4.69, 9.17) is 9.81 Å². The maximum atomic E-state index is 12.8. The number of phenols is 1. The zero-order valence-corrected chi connectivity index (χ0v) is 22.9. The highest BCUT2D eigenvalue weighted by Gasteiger charge is 2.19. The van der Waals surface area contributed by atoms with Gasteiger partial charge in [-0.1, -0.05) is 5.04 Å². The fourth-order valence-corrected chi connectivity index (χ4v) is 5.04. The number of nitrogens with one attached hydrogen (secondary N) is 2. The Morgan fingerprint density at radius 3 is 2.31 bits per heavy atom. The summed E-state index contributed by atoms with van der Waals surface area (Å²) in [5.41, 5.74) is 2.37. The van der Waals surface area contributed by atoms with Gasteiger partial charge in [0.05, 0.1) is 56.6 Å². The van der Waals surface area contributed by atoms with E-state index in [1.807, 2.05) is 0 Å². The number of aromatic hydroxyl groups is 1. The summed E-state index contributed by atoms with van der Waals surface area (Å²) < 4.78 is 63.3. The van der Waals surface area contributed by atoms with Gasteiger partial charge in [-0.2, -0.15) is 18.6 Å². The summed E-state index contributed by atoms with van der Waals surface area (Å²) in [6, 6.07) is 8.25. The molecule has 0 bridgehead atoms. The molecular formula is C20H17N5O14S3. The van der Waals surface area contributed by atoms with E-state index in [-0.39, 0.29) is 38.6 Å². The molecule has 0 aliphatic rings. The summed E-state index contributed by atoms with van der Waals surface area (Å²) in [6.45, 7) is -0.895. The van der Waals surface area contributed by atoms with Gasteiger partial charge in [0, 0.05) is 6.07 Å². The minimum atomic E-state index is -4.87. The first kappa shape index (κ1) is 32.2. The molecule has 0 heterocycles. The average Bonchev–Trinajstić information content (AvgIpc) is 2.91. The van der Waals surface area contributed by atoms with Gasteiger partial charge in [0.25, 0.3) is 5.69 Å². The number of phenolic OH excluding ortho intramolecular Hbond substituents is 1. The Labute approximate surface area is 238 Å². The number of rotatable bonds is 13. The van der Waals surface area contributed by atoms with Crippen molar-refractivity contribution in [2.24, 2.45) is 10.2 Å². The molecule has 0 saturated carbocycles. The van der Waals surface area contributed by atoms with Crippen LogP contribution in [0.15, 0.2) is 78.1 Å². The third kappa shape index (κ3) is 8.60. The minimum Gasteiger partial charge on any atom is -0.505 e. The molecule has 0 unspecified atom stereocenters. The van der Waals surface area contributed by atoms with Gasteiger partial charge in [-0.05, 0) is 36.4 Å². The van der Waals surface area contributed by atoms with Crippen molar-refractivity contribution in [3.05, 3.63) is 89.8 Å². The van der Waals surface area contributed by atoms with Gasteiger partial charge in [-0.3, -0.25) is 35.1 Å². The van der Waals surface area contributed by atoms with E-state index in [0.717, 1.165) is 48.5 Å².